The summed E-state index contributed by atoms with van der Waals surface area (Å²) in [6.07, 6.45) is -4.34. The van der Waals surface area contributed by atoms with Crippen LogP contribution in [0.2, 0.25) is 0 Å². The van der Waals surface area contributed by atoms with E-state index in [0.29, 0.717) is 16.7 Å². The highest BCUT2D eigenvalue weighted by Gasteiger charge is 2.30. The van der Waals surface area contributed by atoms with E-state index >= 15 is 0 Å². The molecule has 6 heteroatoms. The minimum absolute atomic E-state index is 0.0759. The summed E-state index contributed by atoms with van der Waals surface area (Å²) < 4.78 is 37.1. The fraction of sp³-hybridized carbons (Fsp3) is 0.333. The zero-order valence-electron chi connectivity index (χ0n) is 7.61. The van der Waals surface area contributed by atoms with Gasteiger partial charge in [0.2, 0.25) is 0 Å². The number of nitrogens with one attached hydrogen (secondary N) is 1. The van der Waals surface area contributed by atoms with Crippen molar-refractivity contribution in [1.82, 2.24) is 0 Å². The van der Waals surface area contributed by atoms with Crippen LogP contribution in [0.3, 0.4) is 0 Å². The Labute approximate surface area is 93.2 Å². The molecule has 0 unspecified atom stereocenters. The Balaban J connectivity index is 2.88. The molecule has 0 aliphatic heterocycles. The number of aliphatic hydroxyl groups is 1. The molecule has 84 valence electrons. The quantitative estimate of drug-likeness (QED) is 0.894. The maximum Gasteiger partial charge on any atom is 0.416 e. The fourth-order valence-electron chi connectivity index (χ4n) is 1.03. The Morgan fingerprint density at radius 2 is 2.00 bits per heavy atom. The zero-order valence-corrected chi connectivity index (χ0v) is 9.19. The van der Waals surface area contributed by atoms with Gasteiger partial charge in [-0.1, -0.05) is 0 Å². The lowest BCUT2D eigenvalue weighted by molar-refractivity contribution is -0.137. The highest BCUT2D eigenvalue weighted by atomic mass is 79.9. The summed E-state index contributed by atoms with van der Waals surface area (Å²) in [6, 6.07) is 3.31. The van der Waals surface area contributed by atoms with Crippen LogP contribution in [0.1, 0.15) is 5.56 Å². The van der Waals surface area contributed by atoms with Crippen LogP contribution in [-0.4, -0.2) is 18.3 Å². The van der Waals surface area contributed by atoms with Gasteiger partial charge in [0.15, 0.2) is 0 Å². The molecule has 0 aliphatic rings. The smallest absolute Gasteiger partial charge is 0.395 e. The molecule has 1 aromatic rings. The lowest BCUT2D eigenvalue weighted by Gasteiger charge is -2.11. The third-order valence-electron chi connectivity index (χ3n) is 1.72. The van der Waals surface area contributed by atoms with Crippen LogP contribution in [-0.2, 0) is 6.18 Å². The number of aliphatic hydroxyl groups excluding tert-OH is 1. The molecule has 1 rings (SSSR count). The number of alkyl halides is 3. The second-order valence-corrected chi connectivity index (χ2v) is 3.70. The minimum atomic E-state index is -4.34. The number of halogens is 4. The second-order valence-electron chi connectivity index (χ2n) is 2.84. The molecule has 15 heavy (non-hydrogen) atoms. The van der Waals surface area contributed by atoms with Crippen molar-refractivity contribution in [3.8, 4) is 0 Å². The first-order chi connectivity index (χ1) is 6.95. The van der Waals surface area contributed by atoms with Crippen molar-refractivity contribution >= 4 is 21.6 Å². The SMILES string of the molecule is OCCNc1ccc(C(F)(F)F)cc1Br. The molecule has 0 amide bonds. The second kappa shape index (κ2) is 4.85. The predicted molar refractivity (Wildman–Crippen MR) is 54.7 cm³/mol. The van der Waals surface area contributed by atoms with Gasteiger partial charge in [0.1, 0.15) is 0 Å². The molecule has 0 saturated heterocycles. The Morgan fingerprint density at radius 1 is 1.33 bits per heavy atom. The van der Waals surface area contributed by atoms with Gasteiger partial charge in [-0.25, -0.2) is 0 Å². The van der Waals surface area contributed by atoms with E-state index in [4.69, 9.17) is 5.11 Å². The van der Waals surface area contributed by atoms with Crippen LogP contribution < -0.4 is 5.32 Å². The largest absolute Gasteiger partial charge is 0.416 e. The average Bonchev–Trinajstić information content (AvgIpc) is 2.14. The first-order valence-corrected chi connectivity index (χ1v) is 4.96. The topological polar surface area (TPSA) is 32.3 Å². The van der Waals surface area contributed by atoms with Gasteiger partial charge < -0.3 is 10.4 Å². The summed E-state index contributed by atoms with van der Waals surface area (Å²) in [4.78, 5) is 0. The molecular weight excluding hydrogens is 275 g/mol. The predicted octanol–water partition coefficient (Wildman–Crippen LogP) is 2.87. The summed E-state index contributed by atoms with van der Waals surface area (Å²) in [5.41, 5.74) is -0.180. The number of hydrogen-bond acceptors (Lipinski definition) is 2. The van der Waals surface area contributed by atoms with E-state index in [1.54, 1.807) is 0 Å². The highest BCUT2D eigenvalue weighted by Crippen LogP contribution is 2.33. The molecule has 0 aromatic heterocycles. The third-order valence-corrected chi connectivity index (χ3v) is 2.38. The van der Waals surface area contributed by atoms with Crippen LogP contribution in [0, 0.1) is 0 Å². The van der Waals surface area contributed by atoms with Gasteiger partial charge in [-0.15, -0.1) is 0 Å². The van der Waals surface area contributed by atoms with Crippen molar-refractivity contribution in [2.24, 2.45) is 0 Å². The van der Waals surface area contributed by atoms with Gasteiger partial charge in [0.25, 0.3) is 0 Å². The van der Waals surface area contributed by atoms with Crippen molar-refractivity contribution < 1.29 is 18.3 Å². The Hall–Kier alpha value is -0.750. The lowest BCUT2D eigenvalue weighted by Crippen LogP contribution is -2.08. The van der Waals surface area contributed by atoms with Gasteiger partial charge in [0, 0.05) is 16.7 Å². The average molecular weight is 284 g/mol. The molecule has 0 atom stereocenters. The van der Waals surface area contributed by atoms with E-state index in [1.165, 1.54) is 6.07 Å². The molecule has 0 fully saturated rings. The van der Waals surface area contributed by atoms with E-state index in [9.17, 15) is 13.2 Å². The normalized spacial score (nSPS) is 11.5. The first kappa shape index (κ1) is 12.3. The van der Waals surface area contributed by atoms with E-state index in [0.717, 1.165) is 12.1 Å². The molecule has 0 heterocycles. The number of hydrogen-bond donors (Lipinski definition) is 2. The Kier molecular flexibility index (Phi) is 3.98. The molecule has 1 aromatic carbocycles. The third kappa shape index (κ3) is 3.39. The molecule has 0 spiro atoms. The maximum atomic E-state index is 12.3. The van der Waals surface area contributed by atoms with Gasteiger partial charge >= 0.3 is 6.18 Å². The molecule has 2 nitrogen and oxygen atoms in total. The standard InChI is InChI=1S/C9H9BrF3NO/c10-7-5-6(9(11,12)13)1-2-8(7)14-3-4-15/h1-2,5,14-15H,3-4H2. The van der Waals surface area contributed by atoms with Crippen LogP contribution >= 0.6 is 15.9 Å². The van der Waals surface area contributed by atoms with Crippen molar-refractivity contribution in [2.75, 3.05) is 18.5 Å². The van der Waals surface area contributed by atoms with Crippen LogP contribution in [0.15, 0.2) is 22.7 Å². The number of rotatable bonds is 3. The molecule has 0 aliphatic carbocycles. The summed E-state index contributed by atoms with van der Waals surface area (Å²) in [5.74, 6) is 0. The van der Waals surface area contributed by atoms with Gasteiger partial charge in [-0.3, -0.25) is 0 Å². The van der Waals surface area contributed by atoms with Crippen LogP contribution in [0.25, 0.3) is 0 Å². The highest BCUT2D eigenvalue weighted by molar-refractivity contribution is 9.10. The summed E-state index contributed by atoms with van der Waals surface area (Å²) in [5, 5.41) is 11.3. The number of benzene rings is 1. The fourth-order valence-corrected chi connectivity index (χ4v) is 1.54. The van der Waals surface area contributed by atoms with Gasteiger partial charge in [-0.05, 0) is 34.1 Å². The lowest BCUT2D eigenvalue weighted by atomic mass is 10.2. The van der Waals surface area contributed by atoms with Crippen molar-refractivity contribution in [1.29, 1.82) is 0 Å². The Bertz CT molecular complexity index is 341. The van der Waals surface area contributed by atoms with Crippen molar-refractivity contribution in [3.63, 3.8) is 0 Å². The zero-order chi connectivity index (χ0) is 11.5. The summed E-state index contributed by atoms with van der Waals surface area (Å²) in [7, 11) is 0. The number of anilines is 1. The van der Waals surface area contributed by atoms with E-state index in [-0.39, 0.29) is 6.61 Å². The molecule has 0 saturated carbocycles. The first-order valence-electron chi connectivity index (χ1n) is 4.16. The van der Waals surface area contributed by atoms with Gasteiger partial charge in [-0.2, -0.15) is 13.2 Å². The van der Waals surface area contributed by atoms with Crippen LogP contribution in [0.4, 0.5) is 18.9 Å². The molecule has 0 radical (unpaired) electrons. The van der Waals surface area contributed by atoms with E-state index < -0.39 is 11.7 Å². The van der Waals surface area contributed by atoms with Crippen molar-refractivity contribution in [2.45, 2.75) is 6.18 Å². The molecular formula is C9H9BrF3NO. The summed E-state index contributed by atoms with van der Waals surface area (Å²) in [6.45, 7) is 0.220. The Morgan fingerprint density at radius 3 is 2.47 bits per heavy atom. The van der Waals surface area contributed by atoms with E-state index in [1.807, 2.05) is 0 Å². The molecule has 0 bridgehead atoms. The van der Waals surface area contributed by atoms with Crippen LogP contribution in [0.5, 0.6) is 0 Å². The summed E-state index contributed by atoms with van der Waals surface area (Å²) >= 11 is 3.03. The van der Waals surface area contributed by atoms with Crippen molar-refractivity contribution in [3.05, 3.63) is 28.2 Å². The van der Waals surface area contributed by atoms with Gasteiger partial charge in [0.05, 0.1) is 12.2 Å². The maximum absolute atomic E-state index is 12.3. The minimum Gasteiger partial charge on any atom is -0.395 e. The molecule has 2 N–H and O–H groups in total. The van der Waals surface area contributed by atoms with E-state index in [2.05, 4.69) is 21.2 Å². The monoisotopic (exact) mass is 283 g/mol.